The highest BCUT2D eigenvalue weighted by Crippen LogP contribution is 2.42. The predicted molar refractivity (Wildman–Crippen MR) is 81.3 cm³/mol. The van der Waals surface area contributed by atoms with Gasteiger partial charge in [-0.1, -0.05) is 6.92 Å². The summed E-state index contributed by atoms with van der Waals surface area (Å²) >= 11 is 0. The van der Waals surface area contributed by atoms with Crippen LogP contribution in [0, 0.1) is 5.92 Å². The Morgan fingerprint density at radius 1 is 1.30 bits per heavy atom. The third kappa shape index (κ3) is 2.91. The van der Waals surface area contributed by atoms with Gasteiger partial charge in [0.1, 0.15) is 11.5 Å². The lowest BCUT2D eigenvalue weighted by Crippen LogP contribution is -2.29. The summed E-state index contributed by atoms with van der Waals surface area (Å²) in [5, 5.41) is 0. The number of methoxy groups -OCH3 is 2. The van der Waals surface area contributed by atoms with Crippen LogP contribution in [0.15, 0.2) is 18.2 Å². The SMILES string of the molecule is CCCN1CCC(CN)C1c1cc(OC)ccc1OC. The molecule has 1 aromatic carbocycles. The van der Waals surface area contributed by atoms with E-state index in [-0.39, 0.29) is 0 Å². The Morgan fingerprint density at radius 2 is 2.10 bits per heavy atom. The maximum Gasteiger partial charge on any atom is 0.123 e. The summed E-state index contributed by atoms with van der Waals surface area (Å²) in [6.45, 7) is 5.14. The van der Waals surface area contributed by atoms with Crippen molar-refractivity contribution in [3.8, 4) is 11.5 Å². The number of nitrogens with two attached hydrogens (primary N) is 1. The van der Waals surface area contributed by atoms with Crippen molar-refractivity contribution in [1.82, 2.24) is 4.90 Å². The fraction of sp³-hybridized carbons (Fsp3) is 0.625. The summed E-state index contributed by atoms with van der Waals surface area (Å²) in [6.07, 6.45) is 2.31. The highest BCUT2D eigenvalue weighted by Gasteiger charge is 2.35. The van der Waals surface area contributed by atoms with E-state index in [9.17, 15) is 0 Å². The second-order valence-electron chi connectivity index (χ2n) is 5.37. The first-order chi connectivity index (χ1) is 9.74. The third-order valence-electron chi connectivity index (χ3n) is 4.20. The van der Waals surface area contributed by atoms with Crippen LogP contribution in [-0.2, 0) is 0 Å². The molecule has 0 aromatic heterocycles. The van der Waals surface area contributed by atoms with Gasteiger partial charge in [0.25, 0.3) is 0 Å². The number of hydrogen-bond acceptors (Lipinski definition) is 4. The number of rotatable bonds is 6. The Balaban J connectivity index is 2.38. The molecule has 0 bridgehead atoms. The minimum atomic E-state index is 0.338. The molecule has 2 unspecified atom stereocenters. The van der Waals surface area contributed by atoms with Crippen molar-refractivity contribution in [1.29, 1.82) is 0 Å². The smallest absolute Gasteiger partial charge is 0.123 e. The summed E-state index contributed by atoms with van der Waals surface area (Å²) in [5.41, 5.74) is 7.19. The van der Waals surface area contributed by atoms with Crippen LogP contribution >= 0.6 is 0 Å². The molecule has 2 N–H and O–H groups in total. The molecule has 1 aliphatic rings. The number of hydrogen-bond donors (Lipinski definition) is 1. The van der Waals surface area contributed by atoms with Crippen LogP contribution in [0.25, 0.3) is 0 Å². The number of nitrogens with zero attached hydrogens (tertiary/aromatic N) is 1. The van der Waals surface area contributed by atoms with E-state index >= 15 is 0 Å². The van der Waals surface area contributed by atoms with E-state index in [1.54, 1.807) is 14.2 Å². The molecule has 0 amide bonds. The van der Waals surface area contributed by atoms with Crippen LogP contribution in [0.4, 0.5) is 0 Å². The molecule has 1 saturated heterocycles. The summed E-state index contributed by atoms with van der Waals surface area (Å²) in [6, 6.07) is 6.37. The van der Waals surface area contributed by atoms with Crippen LogP contribution in [0.2, 0.25) is 0 Å². The maximum atomic E-state index is 5.98. The van der Waals surface area contributed by atoms with Gasteiger partial charge in [0.2, 0.25) is 0 Å². The molecule has 1 heterocycles. The molecule has 1 aliphatic heterocycles. The zero-order valence-electron chi connectivity index (χ0n) is 12.8. The van der Waals surface area contributed by atoms with E-state index in [4.69, 9.17) is 15.2 Å². The van der Waals surface area contributed by atoms with Crippen molar-refractivity contribution >= 4 is 0 Å². The van der Waals surface area contributed by atoms with Crippen molar-refractivity contribution in [2.24, 2.45) is 11.7 Å². The molecule has 0 spiro atoms. The molecule has 1 aromatic rings. The average molecular weight is 278 g/mol. The van der Waals surface area contributed by atoms with Gasteiger partial charge in [-0.05, 0) is 56.6 Å². The van der Waals surface area contributed by atoms with E-state index in [1.807, 2.05) is 12.1 Å². The average Bonchev–Trinajstić information content (AvgIpc) is 2.89. The Kier molecular flexibility index (Phi) is 5.26. The highest BCUT2D eigenvalue weighted by molar-refractivity contribution is 5.43. The Hall–Kier alpha value is -1.26. The molecule has 4 nitrogen and oxygen atoms in total. The lowest BCUT2D eigenvalue weighted by Gasteiger charge is -2.29. The largest absolute Gasteiger partial charge is 0.497 e. The molecule has 112 valence electrons. The summed E-state index contributed by atoms with van der Waals surface area (Å²) in [4.78, 5) is 2.52. The summed E-state index contributed by atoms with van der Waals surface area (Å²) < 4.78 is 10.9. The van der Waals surface area contributed by atoms with Crippen LogP contribution in [0.1, 0.15) is 31.4 Å². The lowest BCUT2D eigenvalue weighted by atomic mass is 9.92. The predicted octanol–water partition coefficient (Wildman–Crippen LogP) is 2.44. The standard InChI is InChI=1S/C16H26N2O2/c1-4-8-18-9-7-12(11-17)16(18)14-10-13(19-2)5-6-15(14)20-3/h5-6,10,12,16H,4,7-9,11,17H2,1-3H3. The molecular weight excluding hydrogens is 252 g/mol. The molecule has 2 rings (SSSR count). The summed E-state index contributed by atoms with van der Waals surface area (Å²) in [5.74, 6) is 2.29. The molecule has 0 saturated carbocycles. The zero-order chi connectivity index (χ0) is 14.5. The van der Waals surface area contributed by atoms with Gasteiger partial charge >= 0.3 is 0 Å². The Bertz CT molecular complexity index is 436. The van der Waals surface area contributed by atoms with Crippen molar-refractivity contribution < 1.29 is 9.47 Å². The third-order valence-corrected chi connectivity index (χ3v) is 4.20. The zero-order valence-corrected chi connectivity index (χ0v) is 12.8. The fourth-order valence-electron chi connectivity index (χ4n) is 3.23. The van der Waals surface area contributed by atoms with Crippen LogP contribution in [0.3, 0.4) is 0 Å². The number of ether oxygens (including phenoxy) is 2. The fourth-order valence-corrected chi connectivity index (χ4v) is 3.23. The molecule has 2 atom stereocenters. The van der Waals surface area contributed by atoms with E-state index < -0.39 is 0 Å². The molecule has 1 fully saturated rings. The monoisotopic (exact) mass is 278 g/mol. The van der Waals surface area contributed by atoms with Gasteiger partial charge in [-0.3, -0.25) is 4.90 Å². The first kappa shape index (κ1) is 15.1. The van der Waals surface area contributed by atoms with Crippen LogP contribution in [-0.4, -0.2) is 38.8 Å². The van der Waals surface area contributed by atoms with E-state index in [0.717, 1.165) is 37.4 Å². The van der Waals surface area contributed by atoms with Gasteiger partial charge < -0.3 is 15.2 Å². The number of likely N-dealkylation sites (tertiary alicyclic amines) is 1. The van der Waals surface area contributed by atoms with Crippen molar-refractivity contribution in [3.63, 3.8) is 0 Å². The molecule has 0 aliphatic carbocycles. The molecular formula is C16H26N2O2. The molecule has 20 heavy (non-hydrogen) atoms. The Morgan fingerprint density at radius 3 is 2.70 bits per heavy atom. The highest BCUT2D eigenvalue weighted by atomic mass is 16.5. The van der Waals surface area contributed by atoms with Gasteiger partial charge in [0.15, 0.2) is 0 Å². The Labute approximate surface area is 121 Å². The van der Waals surface area contributed by atoms with Gasteiger partial charge in [0.05, 0.1) is 14.2 Å². The second-order valence-corrected chi connectivity index (χ2v) is 5.37. The minimum Gasteiger partial charge on any atom is -0.497 e. The van der Waals surface area contributed by atoms with E-state index in [0.29, 0.717) is 18.5 Å². The topological polar surface area (TPSA) is 47.7 Å². The van der Waals surface area contributed by atoms with Gasteiger partial charge in [-0.2, -0.15) is 0 Å². The summed E-state index contributed by atoms with van der Waals surface area (Å²) in [7, 11) is 3.42. The van der Waals surface area contributed by atoms with Gasteiger partial charge in [-0.25, -0.2) is 0 Å². The normalized spacial score (nSPS) is 23.0. The first-order valence-corrected chi connectivity index (χ1v) is 7.41. The van der Waals surface area contributed by atoms with Crippen LogP contribution < -0.4 is 15.2 Å². The quantitative estimate of drug-likeness (QED) is 0.868. The van der Waals surface area contributed by atoms with Crippen molar-refractivity contribution in [3.05, 3.63) is 23.8 Å². The molecule has 0 radical (unpaired) electrons. The van der Waals surface area contributed by atoms with Crippen molar-refractivity contribution in [2.45, 2.75) is 25.8 Å². The molecule has 4 heteroatoms. The number of benzene rings is 1. The maximum absolute atomic E-state index is 5.98. The van der Waals surface area contributed by atoms with Gasteiger partial charge in [0, 0.05) is 11.6 Å². The lowest BCUT2D eigenvalue weighted by molar-refractivity contribution is 0.224. The second kappa shape index (κ2) is 6.95. The van der Waals surface area contributed by atoms with E-state index in [2.05, 4.69) is 17.9 Å². The van der Waals surface area contributed by atoms with Crippen molar-refractivity contribution in [2.75, 3.05) is 33.9 Å². The van der Waals surface area contributed by atoms with Crippen LogP contribution in [0.5, 0.6) is 11.5 Å². The van der Waals surface area contributed by atoms with E-state index in [1.165, 1.54) is 5.56 Å². The van der Waals surface area contributed by atoms with Gasteiger partial charge in [-0.15, -0.1) is 0 Å². The first-order valence-electron chi connectivity index (χ1n) is 7.41. The minimum absolute atomic E-state index is 0.338.